The van der Waals surface area contributed by atoms with Crippen molar-refractivity contribution in [2.45, 2.75) is 32.6 Å². The first kappa shape index (κ1) is 16.4. The van der Waals surface area contributed by atoms with E-state index in [2.05, 4.69) is 4.98 Å². The summed E-state index contributed by atoms with van der Waals surface area (Å²) < 4.78 is 10.6. The predicted molar refractivity (Wildman–Crippen MR) is 87.0 cm³/mol. The average molecular weight is 304 g/mol. The lowest BCUT2D eigenvalue weighted by atomic mass is 10.1. The van der Waals surface area contributed by atoms with Gasteiger partial charge in [-0.1, -0.05) is 0 Å². The van der Waals surface area contributed by atoms with Crippen LogP contribution in [-0.4, -0.2) is 30.7 Å². The molecule has 0 radical (unpaired) electrons. The molecule has 5 nitrogen and oxygen atoms in total. The van der Waals surface area contributed by atoms with E-state index in [1.165, 1.54) is 5.56 Å². The van der Waals surface area contributed by atoms with Gasteiger partial charge in [0.15, 0.2) is 0 Å². The molecule has 2 aromatic rings. The number of esters is 1. The van der Waals surface area contributed by atoms with Gasteiger partial charge in [0, 0.05) is 23.5 Å². The Labute approximate surface area is 130 Å². The largest absolute Gasteiger partial charge is 0.494 e. The van der Waals surface area contributed by atoms with Gasteiger partial charge < -0.3 is 20.2 Å². The molecular weight excluding hydrogens is 280 g/mol. The highest BCUT2D eigenvalue weighted by Crippen LogP contribution is 2.24. The Balaban J connectivity index is 1.81. The monoisotopic (exact) mass is 304 g/mol. The molecule has 22 heavy (non-hydrogen) atoms. The zero-order valence-corrected chi connectivity index (χ0v) is 13.1. The van der Waals surface area contributed by atoms with Gasteiger partial charge in [0.25, 0.3) is 0 Å². The van der Waals surface area contributed by atoms with Crippen molar-refractivity contribution in [1.82, 2.24) is 4.98 Å². The van der Waals surface area contributed by atoms with E-state index in [4.69, 9.17) is 15.2 Å². The second-order valence-electron chi connectivity index (χ2n) is 5.17. The van der Waals surface area contributed by atoms with Gasteiger partial charge in [0.05, 0.1) is 13.2 Å². The Bertz CT molecular complexity index is 607. The third kappa shape index (κ3) is 4.49. The summed E-state index contributed by atoms with van der Waals surface area (Å²) in [6.07, 6.45) is 4.92. The van der Waals surface area contributed by atoms with Gasteiger partial charge in [-0.05, 0) is 56.5 Å². The van der Waals surface area contributed by atoms with E-state index in [-0.39, 0.29) is 5.97 Å². The molecule has 3 N–H and O–H groups in total. The second kappa shape index (κ2) is 8.44. The summed E-state index contributed by atoms with van der Waals surface area (Å²) >= 11 is 0. The Hall–Kier alpha value is -2.01. The number of aromatic amines is 1. The number of aromatic nitrogens is 1. The van der Waals surface area contributed by atoms with Crippen LogP contribution in [0.15, 0.2) is 24.4 Å². The predicted octanol–water partition coefficient (Wildman–Crippen LogP) is 2.78. The third-order valence-corrected chi connectivity index (χ3v) is 3.50. The number of carbonyl (C=O) groups excluding carboxylic acids is 1. The zero-order chi connectivity index (χ0) is 15.8. The maximum atomic E-state index is 11.2. The normalized spacial score (nSPS) is 10.8. The number of nitrogens with one attached hydrogen (secondary N) is 1. The molecule has 5 heteroatoms. The molecule has 0 fully saturated rings. The lowest BCUT2D eigenvalue weighted by Crippen LogP contribution is -2.05. The molecule has 0 atom stereocenters. The zero-order valence-electron chi connectivity index (χ0n) is 13.1. The topological polar surface area (TPSA) is 77.3 Å². The van der Waals surface area contributed by atoms with E-state index in [0.29, 0.717) is 26.2 Å². The summed E-state index contributed by atoms with van der Waals surface area (Å²) in [7, 11) is 0. The van der Waals surface area contributed by atoms with Gasteiger partial charge in [-0.3, -0.25) is 4.79 Å². The highest BCUT2D eigenvalue weighted by molar-refractivity contribution is 5.84. The van der Waals surface area contributed by atoms with Gasteiger partial charge in [-0.2, -0.15) is 0 Å². The number of carbonyl (C=O) groups is 1. The third-order valence-electron chi connectivity index (χ3n) is 3.50. The smallest absolute Gasteiger partial charge is 0.305 e. The van der Waals surface area contributed by atoms with E-state index < -0.39 is 0 Å². The molecule has 0 saturated heterocycles. The van der Waals surface area contributed by atoms with Crippen LogP contribution in [0.1, 0.15) is 31.7 Å². The van der Waals surface area contributed by atoms with Gasteiger partial charge in [0.2, 0.25) is 0 Å². The first-order chi connectivity index (χ1) is 10.7. The Morgan fingerprint density at radius 3 is 2.95 bits per heavy atom. The van der Waals surface area contributed by atoms with Gasteiger partial charge in [-0.25, -0.2) is 0 Å². The fourth-order valence-corrected chi connectivity index (χ4v) is 2.40. The van der Waals surface area contributed by atoms with Crippen molar-refractivity contribution in [3.63, 3.8) is 0 Å². The number of hydrogen-bond donors (Lipinski definition) is 2. The van der Waals surface area contributed by atoms with Gasteiger partial charge in [-0.15, -0.1) is 0 Å². The average Bonchev–Trinajstić information content (AvgIpc) is 2.90. The van der Waals surface area contributed by atoms with E-state index in [1.54, 1.807) is 0 Å². The van der Waals surface area contributed by atoms with Crippen molar-refractivity contribution >= 4 is 16.9 Å². The Morgan fingerprint density at radius 1 is 1.32 bits per heavy atom. The maximum absolute atomic E-state index is 11.2. The van der Waals surface area contributed by atoms with Crippen molar-refractivity contribution in [2.24, 2.45) is 5.73 Å². The standard InChI is InChI=1S/C17H24N2O3/c1-2-21-17(20)5-3-4-10-22-14-6-7-16-15(11-14)13(8-9-18)12-19-16/h6-7,11-12,19H,2-5,8-10,18H2,1H3. The van der Waals surface area contributed by atoms with E-state index in [0.717, 1.165) is 35.9 Å². The van der Waals surface area contributed by atoms with Crippen molar-refractivity contribution in [2.75, 3.05) is 19.8 Å². The molecule has 0 aliphatic heterocycles. The number of benzene rings is 1. The van der Waals surface area contributed by atoms with Gasteiger partial charge >= 0.3 is 5.97 Å². The number of ether oxygens (including phenoxy) is 2. The molecule has 1 aromatic heterocycles. The number of nitrogens with two attached hydrogens (primary N) is 1. The summed E-state index contributed by atoms with van der Waals surface area (Å²) in [5.74, 6) is 0.712. The summed E-state index contributed by atoms with van der Waals surface area (Å²) in [4.78, 5) is 14.5. The van der Waals surface area contributed by atoms with Crippen LogP contribution in [0.3, 0.4) is 0 Å². The second-order valence-corrected chi connectivity index (χ2v) is 5.17. The van der Waals surface area contributed by atoms with E-state index in [9.17, 15) is 4.79 Å². The minimum Gasteiger partial charge on any atom is -0.494 e. The number of H-pyrrole nitrogens is 1. The summed E-state index contributed by atoms with van der Waals surface area (Å²) in [6.45, 7) is 3.49. The Morgan fingerprint density at radius 2 is 2.18 bits per heavy atom. The molecular formula is C17H24N2O3. The maximum Gasteiger partial charge on any atom is 0.305 e. The summed E-state index contributed by atoms with van der Waals surface area (Å²) in [6, 6.07) is 6.02. The molecule has 0 aliphatic carbocycles. The van der Waals surface area contributed by atoms with E-state index in [1.807, 2.05) is 31.3 Å². The number of rotatable bonds is 9. The van der Waals surface area contributed by atoms with Crippen LogP contribution in [0.4, 0.5) is 0 Å². The van der Waals surface area contributed by atoms with Crippen LogP contribution in [0.5, 0.6) is 5.75 Å². The van der Waals surface area contributed by atoms with Crippen LogP contribution >= 0.6 is 0 Å². The fourth-order valence-electron chi connectivity index (χ4n) is 2.40. The van der Waals surface area contributed by atoms with E-state index >= 15 is 0 Å². The summed E-state index contributed by atoms with van der Waals surface area (Å²) in [5, 5.41) is 1.16. The summed E-state index contributed by atoms with van der Waals surface area (Å²) in [5.41, 5.74) is 7.93. The van der Waals surface area contributed by atoms with Crippen molar-refractivity contribution in [3.05, 3.63) is 30.0 Å². The highest BCUT2D eigenvalue weighted by atomic mass is 16.5. The molecule has 0 bridgehead atoms. The first-order valence-electron chi connectivity index (χ1n) is 7.83. The minimum absolute atomic E-state index is 0.136. The number of hydrogen-bond acceptors (Lipinski definition) is 4. The molecule has 0 spiro atoms. The minimum atomic E-state index is -0.136. The fraction of sp³-hybridized carbons (Fsp3) is 0.471. The number of fused-ring (bicyclic) bond motifs is 1. The molecule has 0 saturated carbocycles. The lowest BCUT2D eigenvalue weighted by molar-refractivity contribution is -0.143. The van der Waals surface area contributed by atoms with Crippen LogP contribution in [0, 0.1) is 0 Å². The van der Waals surface area contributed by atoms with Crippen molar-refractivity contribution in [3.8, 4) is 5.75 Å². The molecule has 120 valence electrons. The molecule has 0 aliphatic rings. The Kier molecular flexibility index (Phi) is 6.27. The molecule has 1 aromatic carbocycles. The van der Waals surface area contributed by atoms with Crippen LogP contribution < -0.4 is 10.5 Å². The van der Waals surface area contributed by atoms with Crippen LogP contribution in [-0.2, 0) is 16.0 Å². The molecule has 2 rings (SSSR count). The quantitative estimate of drug-likeness (QED) is 0.551. The molecule has 0 unspecified atom stereocenters. The first-order valence-corrected chi connectivity index (χ1v) is 7.83. The SMILES string of the molecule is CCOC(=O)CCCCOc1ccc2[nH]cc(CCN)c2c1. The lowest BCUT2D eigenvalue weighted by Gasteiger charge is -2.07. The van der Waals surface area contributed by atoms with Crippen molar-refractivity contribution in [1.29, 1.82) is 0 Å². The number of unbranched alkanes of at least 4 members (excludes halogenated alkanes) is 1. The molecule has 0 amide bonds. The highest BCUT2D eigenvalue weighted by Gasteiger charge is 2.05. The van der Waals surface area contributed by atoms with Crippen molar-refractivity contribution < 1.29 is 14.3 Å². The van der Waals surface area contributed by atoms with Gasteiger partial charge in [0.1, 0.15) is 5.75 Å². The van der Waals surface area contributed by atoms with Crippen LogP contribution in [0.2, 0.25) is 0 Å². The molecule has 1 heterocycles. The van der Waals surface area contributed by atoms with Crippen LogP contribution in [0.25, 0.3) is 10.9 Å².